The third-order valence-electron chi connectivity index (χ3n) is 4.30. The van der Waals surface area contributed by atoms with E-state index in [9.17, 15) is 14.3 Å². The number of aromatic nitrogens is 1. The summed E-state index contributed by atoms with van der Waals surface area (Å²) in [5, 5.41) is 8.50. The van der Waals surface area contributed by atoms with Gasteiger partial charge in [-0.25, -0.2) is 4.98 Å². The van der Waals surface area contributed by atoms with E-state index in [-0.39, 0.29) is 25.5 Å². The van der Waals surface area contributed by atoms with Crippen molar-refractivity contribution in [3.63, 3.8) is 0 Å². The normalized spacial score (nSPS) is 13.4. The van der Waals surface area contributed by atoms with Crippen LogP contribution in [0.5, 0.6) is 0 Å². The summed E-state index contributed by atoms with van der Waals surface area (Å²) in [4.78, 5) is 27.6. The summed E-state index contributed by atoms with van der Waals surface area (Å²) in [7, 11) is -3.77. The van der Waals surface area contributed by atoms with E-state index < -0.39 is 7.60 Å². The smallest absolute Gasteiger partial charge is 0.221 e. The molecule has 3 aromatic rings. The summed E-state index contributed by atoms with van der Waals surface area (Å²) in [6.07, 6.45) is 0.228. The molecule has 154 valence electrons. The third-order valence-corrected chi connectivity index (χ3v) is 5.18. The summed E-state index contributed by atoms with van der Waals surface area (Å²) < 4.78 is 15.6. The molecule has 1 amide bonds. The van der Waals surface area contributed by atoms with E-state index in [1.165, 1.54) is 0 Å². The Labute approximate surface area is 174 Å². The van der Waals surface area contributed by atoms with Crippen LogP contribution < -0.4 is 15.5 Å². The maximum absolute atomic E-state index is 12.0. The van der Waals surface area contributed by atoms with Gasteiger partial charge in [0.1, 0.15) is 7.60 Å². The van der Waals surface area contributed by atoms with E-state index >= 15 is 0 Å². The van der Waals surface area contributed by atoms with Crippen LogP contribution in [0.25, 0.3) is 21.8 Å². The zero-order chi connectivity index (χ0) is 21.0. The molecule has 3 rings (SSSR count). The topological polar surface area (TPSA) is 103 Å². The molecule has 1 atom stereocenters. The summed E-state index contributed by atoms with van der Waals surface area (Å²) in [6, 6.07) is 11.6. The van der Waals surface area contributed by atoms with Gasteiger partial charge >= 0.3 is 0 Å². The predicted molar refractivity (Wildman–Crippen MR) is 115 cm³/mol. The van der Waals surface area contributed by atoms with Crippen LogP contribution in [-0.2, 0) is 13.9 Å². The van der Waals surface area contributed by atoms with E-state index in [4.69, 9.17) is 11.6 Å². The van der Waals surface area contributed by atoms with Crippen molar-refractivity contribution in [1.29, 1.82) is 0 Å². The molecule has 0 aliphatic rings. The van der Waals surface area contributed by atoms with Crippen molar-refractivity contribution in [2.75, 3.05) is 31.7 Å². The monoisotopic (exact) mass is 434 g/mol. The van der Waals surface area contributed by atoms with E-state index in [0.717, 1.165) is 39.7 Å². The molecule has 29 heavy (non-hydrogen) atoms. The van der Waals surface area contributed by atoms with Gasteiger partial charge in [0.05, 0.1) is 23.3 Å². The van der Waals surface area contributed by atoms with Crippen LogP contribution in [0.2, 0.25) is 5.02 Å². The molecule has 0 saturated heterocycles. The SMILES string of the molecule is Cc1ccc2nc3cc(Cl)ccc3c(NCCC(=O)NCCOP(C)(=O)[O-])c2c1. The van der Waals surface area contributed by atoms with Crippen molar-refractivity contribution in [2.24, 2.45) is 0 Å². The number of carbonyl (C=O) groups is 1. The molecule has 1 heterocycles. The van der Waals surface area contributed by atoms with Crippen LogP contribution in [0.1, 0.15) is 12.0 Å². The van der Waals surface area contributed by atoms with Gasteiger partial charge in [0, 0.05) is 42.0 Å². The molecular formula is C20H22ClN3O4P-. The molecule has 0 aliphatic heterocycles. The number of rotatable bonds is 8. The Morgan fingerprint density at radius 3 is 2.72 bits per heavy atom. The number of hydrogen-bond acceptors (Lipinski definition) is 6. The molecule has 7 nitrogen and oxygen atoms in total. The summed E-state index contributed by atoms with van der Waals surface area (Å²) in [6.45, 7) is 3.48. The van der Waals surface area contributed by atoms with Gasteiger partial charge in [-0.15, -0.1) is 0 Å². The average Bonchev–Trinajstić information content (AvgIpc) is 2.64. The van der Waals surface area contributed by atoms with Crippen molar-refractivity contribution in [2.45, 2.75) is 13.3 Å². The standard InChI is InChI=1S/C20H23ClN3O4P/c1-13-3-6-17-16(11-13)20(15-5-4-14(21)12-18(15)24-17)23-8-7-19(25)22-9-10-28-29(2,26)27/h3-6,11-12H,7-10H2,1-2H3,(H,22,25)(H,23,24)(H,26,27)/p-1. The first kappa shape index (κ1) is 21.5. The molecule has 0 saturated carbocycles. The summed E-state index contributed by atoms with van der Waals surface area (Å²) >= 11 is 6.12. The number of pyridine rings is 1. The second-order valence-corrected chi connectivity index (χ2v) is 9.04. The third kappa shape index (κ3) is 5.90. The van der Waals surface area contributed by atoms with Crippen molar-refractivity contribution < 1.29 is 18.8 Å². The van der Waals surface area contributed by atoms with E-state index in [1.807, 2.05) is 37.3 Å². The van der Waals surface area contributed by atoms with E-state index in [2.05, 4.69) is 26.2 Å². The highest BCUT2D eigenvalue weighted by Crippen LogP contribution is 2.33. The number of aryl methyl sites for hydroxylation is 1. The van der Waals surface area contributed by atoms with E-state index in [0.29, 0.717) is 11.6 Å². The Hall–Kier alpha value is -2.18. The van der Waals surface area contributed by atoms with Gasteiger partial charge in [-0.1, -0.05) is 23.2 Å². The van der Waals surface area contributed by atoms with Gasteiger partial charge in [0.25, 0.3) is 0 Å². The summed E-state index contributed by atoms with van der Waals surface area (Å²) in [5.74, 6) is -0.195. The van der Waals surface area contributed by atoms with Gasteiger partial charge in [0.2, 0.25) is 5.91 Å². The molecule has 2 N–H and O–H groups in total. The lowest BCUT2D eigenvalue weighted by atomic mass is 10.1. The number of nitrogens with one attached hydrogen (secondary N) is 2. The zero-order valence-corrected chi connectivity index (χ0v) is 17.8. The Bertz CT molecular complexity index is 1100. The lowest BCUT2D eigenvalue weighted by molar-refractivity contribution is -0.196. The van der Waals surface area contributed by atoms with Gasteiger partial charge < -0.3 is 24.6 Å². The van der Waals surface area contributed by atoms with Crippen molar-refractivity contribution >= 4 is 52.6 Å². The van der Waals surface area contributed by atoms with Crippen molar-refractivity contribution in [3.8, 4) is 0 Å². The van der Waals surface area contributed by atoms with Gasteiger partial charge in [-0.2, -0.15) is 0 Å². The highest BCUT2D eigenvalue weighted by Gasteiger charge is 2.11. The van der Waals surface area contributed by atoms with Crippen LogP contribution in [0.15, 0.2) is 36.4 Å². The fourth-order valence-corrected chi connectivity index (χ4v) is 3.60. The van der Waals surface area contributed by atoms with Crippen LogP contribution in [0.4, 0.5) is 5.69 Å². The molecule has 0 bridgehead atoms. The largest absolute Gasteiger partial charge is 0.779 e. The molecule has 9 heteroatoms. The first-order valence-electron chi connectivity index (χ1n) is 9.16. The number of fused-ring (bicyclic) bond motifs is 2. The van der Waals surface area contributed by atoms with Crippen molar-refractivity contribution in [3.05, 3.63) is 47.0 Å². The molecule has 0 fully saturated rings. The first-order valence-corrected chi connectivity index (χ1v) is 11.5. The second-order valence-electron chi connectivity index (χ2n) is 6.80. The van der Waals surface area contributed by atoms with Gasteiger partial charge in [0.15, 0.2) is 0 Å². The Kier molecular flexibility index (Phi) is 6.75. The molecule has 0 radical (unpaired) electrons. The molecule has 2 aromatic carbocycles. The number of nitrogens with zero attached hydrogens (tertiary/aromatic N) is 1. The number of anilines is 1. The lowest BCUT2D eigenvalue weighted by Gasteiger charge is -2.17. The second kappa shape index (κ2) is 9.09. The Morgan fingerprint density at radius 2 is 1.97 bits per heavy atom. The van der Waals surface area contributed by atoms with Crippen LogP contribution in [-0.4, -0.2) is 37.3 Å². The fourth-order valence-electron chi connectivity index (χ4n) is 3.01. The number of hydrogen-bond donors (Lipinski definition) is 2. The summed E-state index contributed by atoms with van der Waals surface area (Å²) in [5.41, 5.74) is 3.63. The minimum Gasteiger partial charge on any atom is -0.779 e. The molecule has 0 spiro atoms. The number of amides is 1. The maximum Gasteiger partial charge on any atom is 0.221 e. The molecule has 1 aromatic heterocycles. The number of halogens is 1. The van der Waals surface area contributed by atoms with Gasteiger partial charge in [-0.3, -0.25) is 4.79 Å². The quantitative estimate of drug-likeness (QED) is 0.319. The predicted octanol–water partition coefficient (Wildman–Crippen LogP) is 3.47. The van der Waals surface area contributed by atoms with E-state index in [1.54, 1.807) is 0 Å². The Morgan fingerprint density at radius 1 is 1.17 bits per heavy atom. The Balaban J connectivity index is 1.71. The van der Waals surface area contributed by atoms with Crippen LogP contribution in [0, 0.1) is 6.92 Å². The average molecular weight is 435 g/mol. The molecule has 0 aliphatic carbocycles. The highest BCUT2D eigenvalue weighted by atomic mass is 35.5. The minimum atomic E-state index is -3.77. The van der Waals surface area contributed by atoms with Gasteiger partial charge in [-0.05, 0) is 37.3 Å². The number of carbonyl (C=O) groups excluding carboxylic acids is 1. The first-order chi connectivity index (χ1) is 13.7. The highest BCUT2D eigenvalue weighted by molar-refractivity contribution is 7.50. The molecular weight excluding hydrogens is 413 g/mol. The lowest BCUT2D eigenvalue weighted by Crippen LogP contribution is -2.28. The zero-order valence-electron chi connectivity index (χ0n) is 16.2. The fraction of sp³-hybridized carbons (Fsp3) is 0.300. The van der Waals surface area contributed by atoms with Crippen LogP contribution in [0.3, 0.4) is 0 Å². The minimum absolute atomic E-state index is 0.0733. The van der Waals surface area contributed by atoms with Crippen LogP contribution >= 0.6 is 19.2 Å². The maximum atomic E-state index is 12.0. The van der Waals surface area contributed by atoms with Crippen molar-refractivity contribution in [1.82, 2.24) is 10.3 Å². The number of benzene rings is 2. The molecule has 1 unspecified atom stereocenters.